The Balaban J connectivity index is 2.17. The summed E-state index contributed by atoms with van der Waals surface area (Å²) in [5.74, 6) is 0.303. The maximum Gasteiger partial charge on any atom is 0.227 e. The third kappa shape index (κ3) is 3.18. The van der Waals surface area contributed by atoms with E-state index in [4.69, 9.17) is 0 Å². The molecule has 1 amide bonds. The number of hydrogen-bond acceptors (Lipinski definition) is 1. The molecule has 3 unspecified atom stereocenters. The molecule has 0 N–H and O–H groups in total. The van der Waals surface area contributed by atoms with E-state index in [-0.39, 0.29) is 23.4 Å². The molecular formula is C23H31NOS. The second-order valence-electron chi connectivity index (χ2n) is 8.71. The molecule has 0 aliphatic carbocycles. The molecule has 3 rings (SSSR count). The van der Waals surface area contributed by atoms with Gasteiger partial charge in [0.05, 0.1) is 6.04 Å². The number of likely N-dealkylation sites (tertiary alicyclic amines) is 1. The zero-order valence-corrected chi connectivity index (χ0v) is 17.6. The van der Waals surface area contributed by atoms with E-state index >= 15 is 0 Å². The van der Waals surface area contributed by atoms with Crippen LogP contribution in [0.2, 0.25) is 0 Å². The number of nitrogens with zero attached hydrogens (tertiary/aromatic N) is 1. The quantitative estimate of drug-likeness (QED) is 0.700. The fourth-order valence-corrected chi connectivity index (χ4v) is 7.65. The van der Waals surface area contributed by atoms with Gasteiger partial charge in [0.2, 0.25) is 5.91 Å². The molecular weight excluding hydrogens is 338 g/mol. The molecule has 3 atom stereocenters. The lowest BCUT2D eigenvalue weighted by molar-refractivity contribution is -0.136. The van der Waals surface area contributed by atoms with Crippen molar-refractivity contribution in [3.05, 3.63) is 66.2 Å². The highest BCUT2D eigenvalue weighted by molar-refractivity contribution is 8.33. The van der Waals surface area contributed by atoms with Gasteiger partial charge in [-0.2, -0.15) is 0 Å². The summed E-state index contributed by atoms with van der Waals surface area (Å²) >= 11 is 0. The summed E-state index contributed by atoms with van der Waals surface area (Å²) in [5, 5.41) is 0.291. The molecule has 2 aromatic rings. The van der Waals surface area contributed by atoms with Crippen LogP contribution in [0, 0.1) is 5.92 Å². The van der Waals surface area contributed by atoms with Crippen LogP contribution < -0.4 is 0 Å². The van der Waals surface area contributed by atoms with Crippen LogP contribution in [0.25, 0.3) is 0 Å². The van der Waals surface area contributed by atoms with E-state index in [1.165, 1.54) is 10.5 Å². The minimum Gasteiger partial charge on any atom is -0.329 e. The third-order valence-corrected chi connectivity index (χ3v) is 9.12. The first-order valence-corrected chi connectivity index (χ1v) is 11.8. The lowest BCUT2D eigenvalue weighted by Crippen LogP contribution is -2.45. The first-order valence-electron chi connectivity index (χ1n) is 9.31. The van der Waals surface area contributed by atoms with Gasteiger partial charge in [-0.25, -0.2) is 10.0 Å². The zero-order chi connectivity index (χ0) is 19.1. The van der Waals surface area contributed by atoms with Crippen LogP contribution in [0.4, 0.5) is 0 Å². The van der Waals surface area contributed by atoms with Crippen LogP contribution in [0.3, 0.4) is 0 Å². The molecule has 3 heteroatoms. The molecule has 1 aliphatic heterocycles. The summed E-state index contributed by atoms with van der Waals surface area (Å²) in [5.41, 5.74) is 1.05. The van der Waals surface area contributed by atoms with Gasteiger partial charge in [0, 0.05) is 16.7 Å². The molecule has 2 aromatic carbocycles. The van der Waals surface area contributed by atoms with Crippen molar-refractivity contribution in [2.75, 3.05) is 12.5 Å². The number of carbonyl (C=O) groups is 1. The lowest BCUT2D eigenvalue weighted by Gasteiger charge is -2.46. The van der Waals surface area contributed by atoms with Crippen LogP contribution in [-0.2, 0) is 4.79 Å². The first-order chi connectivity index (χ1) is 12.2. The molecule has 1 heterocycles. The topological polar surface area (TPSA) is 20.3 Å². The summed E-state index contributed by atoms with van der Waals surface area (Å²) in [7, 11) is -1.17. The summed E-state index contributed by atoms with van der Waals surface area (Å²) in [4.78, 5) is 16.9. The molecule has 140 valence electrons. The van der Waals surface area contributed by atoms with Crippen LogP contribution in [-0.4, -0.2) is 34.1 Å². The van der Waals surface area contributed by atoms with E-state index in [1.807, 2.05) is 0 Å². The average molecular weight is 370 g/mol. The maximum atomic E-state index is 13.4. The normalized spacial score (nSPS) is 24.8. The molecule has 26 heavy (non-hydrogen) atoms. The number of carbonyl (C=O) groups excluding carboxylic acids is 1. The van der Waals surface area contributed by atoms with Crippen molar-refractivity contribution in [1.82, 2.24) is 4.90 Å². The van der Waals surface area contributed by atoms with Gasteiger partial charge in [0.1, 0.15) is 0 Å². The Hall–Kier alpha value is -1.74. The molecule has 0 aromatic heterocycles. The third-order valence-electron chi connectivity index (χ3n) is 5.60. The van der Waals surface area contributed by atoms with E-state index in [0.717, 1.165) is 0 Å². The molecule has 0 saturated carbocycles. The lowest BCUT2D eigenvalue weighted by atomic mass is 9.97. The van der Waals surface area contributed by atoms with Crippen molar-refractivity contribution < 1.29 is 4.79 Å². The standard InChI is InChI=1S/C23H31NOS/c1-17-21(26(5,6)19-15-11-8-12-16-19)20(18-13-9-7-10-14-18)24(22(17)25)23(2,3)4/h7-17,20-21H,1-6H3. The van der Waals surface area contributed by atoms with Crippen molar-refractivity contribution in [2.24, 2.45) is 5.92 Å². The molecule has 1 fully saturated rings. The zero-order valence-electron chi connectivity index (χ0n) is 16.8. The van der Waals surface area contributed by atoms with E-state index < -0.39 is 10.0 Å². The fraction of sp³-hybridized carbons (Fsp3) is 0.435. The first kappa shape index (κ1) is 19.0. The molecule has 0 spiro atoms. The molecule has 1 aliphatic rings. The highest BCUT2D eigenvalue weighted by atomic mass is 32.3. The predicted octanol–water partition coefficient (Wildman–Crippen LogP) is 5.50. The summed E-state index contributed by atoms with van der Waals surface area (Å²) in [6.45, 7) is 8.59. The van der Waals surface area contributed by atoms with Crippen molar-refractivity contribution in [3.8, 4) is 0 Å². The SMILES string of the molecule is CC1C(=O)N(C(C)(C)C)C(c2ccccc2)C1S(C)(C)c1ccccc1. The fourth-order valence-electron chi connectivity index (χ4n) is 4.42. The molecule has 0 radical (unpaired) electrons. The van der Waals surface area contributed by atoms with E-state index in [9.17, 15) is 4.79 Å². The Morgan fingerprint density at radius 3 is 1.88 bits per heavy atom. The Bertz CT molecular complexity index is 764. The summed E-state index contributed by atoms with van der Waals surface area (Å²) < 4.78 is 0. The number of benzene rings is 2. The maximum absolute atomic E-state index is 13.4. The molecule has 1 saturated heterocycles. The van der Waals surface area contributed by atoms with Crippen LogP contribution in [0.5, 0.6) is 0 Å². The van der Waals surface area contributed by atoms with Crippen LogP contribution >= 0.6 is 10.0 Å². The highest BCUT2D eigenvalue weighted by Gasteiger charge is 2.54. The summed E-state index contributed by atoms with van der Waals surface area (Å²) in [6.07, 6.45) is 4.75. The smallest absolute Gasteiger partial charge is 0.227 e. The largest absolute Gasteiger partial charge is 0.329 e. The van der Waals surface area contributed by atoms with Crippen LogP contribution in [0.1, 0.15) is 39.3 Å². The minimum absolute atomic E-state index is 0.0182. The van der Waals surface area contributed by atoms with Gasteiger partial charge in [0.25, 0.3) is 0 Å². The minimum atomic E-state index is -1.17. The van der Waals surface area contributed by atoms with E-state index in [2.05, 4.69) is 106 Å². The number of amides is 1. The van der Waals surface area contributed by atoms with Gasteiger partial charge >= 0.3 is 0 Å². The van der Waals surface area contributed by atoms with Gasteiger partial charge in [-0.05, 0) is 43.7 Å². The Kier molecular flexibility index (Phi) is 4.96. The van der Waals surface area contributed by atoms with Gasteiger partial charge in [-0.15, -0.1) is 0 Å². The second-order valence-corrected chi connectivity index (χ2v) is 12.5. The van der Waals surface area contributed by atoms with Crippen molar-refractivity contribution in [1.29, 1.82) is 0 Å². The Morgan fingerprint density at radius 1 is 0.885 bits per heavy atom. The van der Waals surface area contributed by atoms with Crippen molar-refractivity contribution in [3.63, 3.8) is 0 Å². The Morgan fingerprint density at radius 2 is 1.38 bits per heavy atom. The average Bonchev–Trinajstić information content (AvgIpc) is 2.88. The van der Waals surface area contributed by atoms with Crippen LogP contribution in [0.15, 0.2) is 65.6 Å². The number of rotatable bonds is 3. The van der Waals surface area contributed by atoms with Crippen molar-refractivity contribution >= 4 is 15.9 Å². The molecule has 2 nitrogen and oxygen atoms in total. The summed E-state index contributed by atoms with van der Waals surface area (Å²) in [6, 6.07) is 21.5. The highest BCUT2D eigenvalue weighted by Crippen LogP contribution is 2.63. The van der Waals surface area contributed by atoms with E-state index in [1.54, 1.807) is 0 Å². The second kappa shape index (κ2) is 6.77. The predicted molar refractivity (Wildman–Crippen MR) is 113 cm³/mol. The molecule has 0 bridgehead atoms. The van der Waals surface area contributed by atoms with Gasteiger partial charge in [-0.1, -0.05) is 67.6 Å². The Labute approximate surface area is 159 Å². The van der Waals surface area contributed by atoms with Crippen molar-refractivity contribution in [2.45, 2.75) is 49.4 Å². The monoisotopic (exact) mass is 369 g/mol. The van der Waals surface area contributed by atoms with Gasteiger partial charge in [0.15, 0.2) is 0 Å². The van der Waals surface area contributed by atoms with Gasteiger partial charge in [-0.3, -0.25) is 4.79 Å². The van der Waals surface area contributed by atoms with E-state index in [0.29, 0.717) is 5.25 Å². The number of hydrogen-bond donors (Lipinski definition) is 0. The van der Waals surface area contributed by atoms with Gasteiger partial charge < -0.3 is 4.90 Å².